The van der Waals surface area contributed by atoms with E-state index in [1.54, 1.807) is 71.4 Å². The summed E-state index contributed by atoms with van der Waals surface area (Å²) in [6.45, 7) is 4.51. The lowest BCUT2D eigenvalue weighted by molar-refractivity contribution is -0.141. The van der Waals surface area contributed by atoms with E-state index in [-0.39, 0.29) is 23.5 Å². The molecule has 4 aromatic carbocycles. The lowest BCUT2D eigenvalue weighted by atomic mass is 10.0. The summed E-state index contributed by atoms with van der Waals surface area (Å²) in [7, 11) is 6.48. The molecular formula is C58H52F6N10O5. The van der Waals surface area contributed by atoms with E-state index in [1.807, 2.05) is 85.8 Å². The van der Waals surface area contributed by atoms with E-state index >= 15 is 0 Å². The van der Waals surface area contributed by atoms with Crippen LogP contribution in [0.25, 0.3) is 55.7 Å². The Bertz CT molecular complexity index is 3750. The molecule has 0 bridgehead atoms. The molecule has 1 atom stereocenters. The van der Waals surface area contributed by atoms with Gasteiger partial charge < -0.3 is 30.0 Å². The van der Waals surface area contributed by atoms with Crippen molar-refractivity contribution in [3.05, 3.63) is 192 Å². The van der Waals surface area contributed by atoms with E-state index in [4.69, 9.17) is 24.7 Å². The molecule has 0 aliphatic carbocycles. The van der Waals surface area contributed by atoms with Gasteiger partial charge in [0, 0.05) is 72.5 Å². The minimum Gasteiger partial charge on any atom is -0.497 e. The number of carbonyl (C=O) groups is 1. The Labute approximate surface area is 449 Å². The van der Waals surface area contributed by atoms with E-state index in [9.17, 15) is 31.1 Å². The predicted octanol–water partition coefficient (Wildman–Crippen LogP) is 12.2. The summed E-state index contributed by atoms with van der Waals surface area (Å²) >= 11 is 0. The highest BCUT2D eigenvalue weighted by molar-refractivity contribution is 5.94. The maximum absolute atomic E-state index is 13.2. The predicted molar refractivity (Wildman–Crippen MR) is 286 cm³/mol. The zero-order valence-electron chi connectivity index (χ0n) is 43.5. The number of nitrogens with two attached hydrogens (primary N) is 1. The van der Waals surface area contributed by atoms with Crippen LogP contribution in [-0.2, 0) is 25.4 Å². The minimum absolute atomic E-state index is 0.0691. The fourth-order valence-corrected chi connectivity index (χ4v) is 8.21. The van der Waals surface area contributed by atoms with E-state index < -0.39 is 23.7 Å². The number of fused-ring (bicyclic) bond motifs is 2. The maximum atomic E-state index is 13.2. The molecule has 0 aliphatic rings. The van der Waals surface area contributed by atoms with E-state index in [1.165, 1.54) is 40.6 Å². The standard InChI is InChI=1S/C29H26F3N5O2.C20H13F3N4O.C9H13NO2/c1-18(34-16-22-9-10-23(38-2)15-26(22)39-3)24-13-20(11-12-33-24)19-7-8-21-17-35-37(25(21)14-19)28-6-4-5-27(36-28)29(30,31)32;1-12(28)16-9-14(7-8-24-16)13-5-6-15-11-25-27(17(15)10-13)19-4-2-3-18(26-19)20(21,22)23;1-11-8-4-3-7(6-10)9(5-8)12-2/h4-15,17-18,34H,16H2,1-3H3;2-11H,1H3;3-5H,6,10H2,1-2H3. The molecule has 6 heterocycles. The summed E-state index contributed by atoms with van der Waals surface area (Å²) in [4.78, 5) is 27.6. The van der Waals surface area contributed by atoms with Gasteiger partial charge in [0.05, 0.1) is 57.6 Å². The molecule has 10 rings (SSSR count). The number of alkyl halides is 6. The van der Waals surface area contributed by atoms with Crippen molar-refractivity contribution in [2.24, 2.45) is 5.73 Å². The number of Topliss-reactive ketones (excluding diaryl/α,β-unsaturated/α-hetero) is 1. The summed E-state index contributed by atoms with van der Waals surface area (Å²) in [6.07, 6.45) is -2.62. The molecule has 0 fully saturated rings. The summed E-state index contributed by atoms with van der Waals surface area (Å²) in [5.41, 5.74) is 11.3. The highest BCUT2D eigenvalue weighted by Crippen LogP contribution is 2.33. The van der Waals surface area contributed by atoms with E-state index in [2.05, 4.69) is 35.5 Å². The van der Waals surface area contributed by atoms with Gasteiger partial charge in [0.25, 0.3) is 0 Å². The summed E-state index contributed by atoms with van der Waals surface area (Å²) in [5, 5.41) is 13.5. The Kier molecular flexibility index (Phi) is 17.3. The summed E-state index contributed by atoms with van der Waals surface area (Å²) in [6, 6.07) is 37.2. The van der Waals surface area contributed by atoms with E-state index in [0.29, 0.717) is 29.8 Å². The van der Waals surface area contributed by atoms with Gasteiger partial charge in [-0.3, -0.25) is 14.8 Å². The molecule has 0 aliphatic heterocycles. The second kappa shape index (κ2) is 24.4. The number of aromatic nitrogens is 8. The number of hydrogen-bond acceptors (Lipinski definition) is 13. The Morgan fingerprint density at radius 2 is 1.06 bits per heavy atom. The van der Waals surface area contributed by atoms with Crippen molar-refractivity contribution in [1.82, 2.24) is 44.8 Å². The first kappa shape index (κ1) is 56.0. The lowest BCUT2D eigenvalue weighted by Gasteiger charge is -2.16. The van der Waals surface area contributed by atoms with Crippen LogP contribution in [0.5, 0.6) is 23.0 Å². The average Bonchev–Trinajstić information content (AvgIpc) is 4.27. The number of pyridine rings is 4. The van der Waals surface area contributed by atoms with Crippen LogP contribution in [0.4, 0.5) is 26.3 Å². The van der Waals surface area contributed by atoms with Gasteiger partial charge in [-0.2, -0.15) is 36.5 Å². The van der Waals surface area contributed by atoms with Gasteiger partial charge in [-0.25, -0.2) is 19.3 Å². The number of ether oxygens (including phenoxy) is 4. The van der Waals surface area contributed by atoms with Crippen LogP contribution in [0.3, 0.4) is 0 Å². The zero-order valence-corrected chi connectivity index (χ0v) is 43.5. The highest BCUT2D eigenvalue weighted by atomic mass is 19.4. The smallest absolute Gasteiger partial charge is 0.433 e. The van der Waals surface area contributed by atoms with Crippen LogP contribution < -0.4 is 30.0 Å². The zero-order chi connectivity index (χ0) is 56.4. The van der Waals surface area contributed by atoms with Gasteiger partial charge in [-0.05, 0) is 102 Å². The number of nitrogens with one attached hydrogen (secondary N) is 1. The Balaban J connectivity index is 0.000000178. The fraction of sp³-hybridized carbons (Fsp3) is 0.190. The Morgan fingerprint density at radius 3 is 1.54 bits per heavy atom. The number of hydrogen-bond donors (Lipinski definition) is 2. The third kappa shape index (κ3) is 13.3. The van der Waals surface area contributed by atoms with Crippen LogP contribution in [0.2, 0.25) is 0 Å². The van der Waals surface area contributed by atoms with Crippen LogP contribution in [0.15, 0.2) is 158 Å². The van der Waals surface area contributed by atoms with Gasteiger partial charge in [-0.15, -0.1) is 0 Å². The van der Waals surface area contributed by atoms with Crippen molar-refractivity contribution >= 4 is 27.6 Å². The summed E-state index contributed by atoms with van der Waals surface area (Å²) < 4.78 is 102. The number of methoxy groups -OCH3 is 4. The first-order valence-corrected chi connectivity index (χ1v) is 24.2. The Hall–Kier alpha value is -9.21. The third-order valence-corrected chi connectivity index (χ3v) is 12.4. The van der Waals surface area contributed by atoms with E-state index in [0.717, 1.165) is 85.0 Å². The molecule has 1 unspecified atom stereocenters. The molecule has 406 valence electrons. The number of ketones is 1. The van der Waals surface area contributed by atoms with Crippen molar-refractivity contribution in [3.63, 3.8) is 0 Å². The molecule has 0 amide bonds. The molecule has 21 heteroatoms. The van der Waals surface area contributed by atoms with Gasteiger partial charge in [0.2, 0.25) is 0 Å². The van der Waals surface area contributed by atoms with Crippen LogP contribution in [0.1, 0.15) is 58.6 Å². The van der Waals surface area contributed by atoms with Crippen molar-refractivity contribution in [2.75, 3.05) is 28.4 Å². The molecule has 0 spiro atoms. The first-order chi connectivity index (χ1) is 37.9. The largest absolute Gasteiger partial charge is 0.497 e. The quantitative estimate of drug-likeness (QED) is 0.0777. The molecular weight excluding hydrogens is 1030 g/mol. The number of halogens is 6. The van der Waals surface area contributed by atoms with Gasteiger partial charge in [0.1, 0.15) is 40.1 Å². The number of nitrogens with zero attached hydrogens (tertiary/aromatic N) is 8. The lowest BCUT2D eigenvalue weighted by Crippen LogP contribution is -2.19. The van der Waals surface area contributed by atoms with Crippen molar-refractivity contribution < 1.29 is 50.1 Å². The molecule has 15 nitrogen and oxygen atoms in total. The second-order valence-electron chi connectivity index (χ2n) is 17.5. The van der Waals surface area contributed by atoms with Gasteiger partial charge in [0.15, 0.2) is 17.4 Å². The van der Waals surface area contributed by atoms with Crippen molar-refractivity contribution in [1.29, 1.82) is 0 Å². The average molecular weight is 1080 g/mol. The molecule has 6 aromatic heterocycles. The normalized spacial score (nSPS) is 11.8. The number of benzene rings is 4. The fourth-order valence-electron chi connectivity index (χ4n) is 8.21. The van der Waals surface area contributed by atoms with Gasteiger partial charge >= 0.3 is 12.4 Å². The Morgan fingerprint density at radius 1 is 0.582 bits per heavy atom. The molecule has 3 N–H and O–H groups in total. The van der Waals surface area contributed by atoms with Crippen LogP contribution >= 0.6 is 0 Å². The minimum atomic E-state index is -4.54. The summed E-state index contributed by atoms with van der Waals surface area (Å²) in [5.74, 6) is 3.03. The van der Waals surface area contributed by atoms with Crippen LogP contribution in [0, 0.1) is 0 Å². The maximum Gasteiger partial charge on any atom is 0.433 e. The number of rotatable bonds is 14. The number of carbonyl (C=O) groups excluding carboxylic acids is 1. The first-order valence-electron chi connectivity index (χ1n) is 24.2. The molecule has 10 aromatic rings. The topological polar surface area (TPSA) is 179 Å². The molecule has 79 heavy (non-hydrogen) atoms. The SMILES string of the molecule is CC(=O)c1cc(-c2ccc3cnn(-c4cccc(C(F)(F)F)n4)c3c2)ccn1.COc1ccc(CN)c(OC)c1.COc1ccc(CNC(C)c2cc(-c3ccc4cnn(-c5cccc(C(F)(F)F)n5)c4c3)ccn2)c(OC)c1. The van der Waals surface area contributed by atoms with Gasteiger partial charge in [-0.1, -0.05) is 48.5 Å². The third-order valence-electron chi connectivity index (χ3n) is 12.4. The monoisotopic (exact) mass is 1080 g/mol. The molecule has 0 saturated heterocycles. The highest BCUT2D eigenvalue weighted by Gasteiger charge is 2.34. The second-order valence-corrected chi connectivity index (χ2v) is 17.5. The van der Waals surface area contributed by atoms with Crippen molar-refractivity contribution in [3.8, 4) is 56.9 Å². The molecule has 0 saturated carbocycles. The van der Waals surface area contributed by atoms with Crippen LogP contribution in [-0.4, -0.2) is 73.7 Å². The molecule has 0 radical (unpaired) electrons. The van der Waals surface area contributed by atoms with Crippen molar-refractivity contribution in [2.45, 2.75) is 45.3 Å².